The maximum atomic E-state index is 13.3. The smallest absolute Gasteiger partial charge is 0.270 e. The molecule has 1 fully saturated rings. The predicted octanol–water partition coefficient (Wildman–Crippen LogP) is 1.45. The Bertz CT molecular complexity index is 1110. The first-order valence-corrected chi connectivity index (χ1v) is 11.5. The molecule has 3 heterocycles. The van der Waals surface area contributed by atoms with E-state index in [1.54, 1.807) is 18.2 Å². The van der Waals surface area contributed by atoms with Gasteiger partial charge in [0.25, 0.3) is 5.91 Å². The Hall–Kier alpha value is -3.79. The molecule has 0 radical (unpaired) electrons. The molecule has 0 saturated carbocycles. The van der Waals surface area contributed by atoms with Crippen LogP contribution < -0.4 is 4.74 Å². The number of pyridine rings is 1. The zero-order valence-electron chi connectivity index (χ0n) is 19.9. The van der Waals surface area contributed by atoms with E-state index in [1.165, 1.54) is 17.0 Å². The highest BCUT2D eigenvalue weighted by molar-refractivity contribution is 6.39. The zero-order chi connectivity index (χ0) is 24.8. The molecule has 0 spiro atoms. The number of hydrogen-bond donors (Lipinski definition) is 0. The Morgan fingerprint density at radius 1 is 1.09 bits per heavy atom. The third kappa shape index (κ3) is 6.21. The molecular formula is C25H29N5O5. The number of hydrogen-bond acceptors (Lipinski definition) is 7. The summed E-state index contributed by atoms with van der Waals surface area (Å²) in [7, 11) is 3.13. The van der Waals surface area contributed by atoms with Gasteiger partial charge in [0.2, 0.25) is 11.8 Å². The first-order valence-electron chi connectivity index (χ1n) is 11.5. The molecule has 10 nitrogen and oxygen atoms in total. The lowest BCUT2D eigenvalue weighted by molar-refractivity contribution is -0.136. The van der Waals surface area contributed by atoms with E-state index in [2.05, 4.69) is 10.1 Å². The Morgan fingerprint density at radius 2 is 1.94 bits per heavy atom. The fourth-order valence-electron chi connectivity index (χ4n) is 4.06. The molecule has 0 unspecified atom stereocenters. The summed E-state index contributed by atoms with van der Waals surface area (Å²) < 4.78 is 11.5. The van der Waals surface area contributed by atoms with Gasteiger partial charge < -0.3 is 19.3 Å². The molecule has 2 aromatic rings. The summed E-state index contributed by atoms with van der Waals surface area (Å²) in [5, 5.41) is 5.32. The molecule has 0 N–H and O–H groups in total. The zero-order valence-corrected chi connectivity index (χ0v) is 19.9. The molecule has 2 aliphatic heterocycles. The number of benzene rings is 1. The summed E-state index contributed by atoms with van der Waals surface area (Å²) >= 11 is 0. The molecule has 1 atom stereocenters. The van der Waals surface area contributed by atoms with Gasteiger partial charge in [-0.3, -0.25) is 19.4 Å². The van der Waals surface area contributed by atoms with Crippen LogP contribution in [0.15, 0.2) is 53.8 Å². The number of ether oxygens (including phenoxy) is 2. The van der Waals surface area contributed by atoms with Gasteiger partial charge in [0.05, 0.1) is 32.1 Å². The van der Waals surface area contributed by atoms with Crippen molar-refractivity contribution >= 4 is 23.4 Å². The normalized spacial score (nSPS) is 18.9. The lowest BCUT2D eigenvalue weighted by Gasteiger charge is -2.26. The van der Waals surface area contributed by atoms with Crippen LogP contribution in [0.3, 0.4) is 0 Å². The number of carbonyl (C=O) groups is 3. The number of rotatable bonds is 7. The summed E-state index contributed by atoms with van der Waals surface area (Å²) in [5.41, 5.74) is 1.94. The number of aromatic nitrogens is 1. The second-order valence-corrected chi connectivity index (χ2v) is 8.53. The molecule has 2 aliphatic rings. The minimum absolute atomic E-state index is 0.0959. The summed E-state index contributed by atoms with van der Waals surface area (Å²) in [6.45, 7) is 1.06. The molecule has 0 bridgehead atoms. The fraction of sp³-hybridized carbons (Fsp3) is 0.400. The van der Waals surface area contributed by atoms with Gasteiger partial charge >= 0.3 is 0 Å². The third-order valence-electron chi connectivity index (χ3n) is 5.97. The number of amides is 3. The SMILES string of the molecule is COc1cccc(CO[C@@H]2CN(Cc3ccccn3)C(=O)CN(C(=O)C3=NN(C)C(=O)CC3)C2)c1. The Labute approximate surface area is 204 Å². The highest BCUT2D eigenvalue weighted by Crippen LogP contribution is 2.18. The summed E-state index contributed by atoms with van der Waals surface area (Å²) in [6.07, 6.45) is 1.72. The van der Waals surface area contributed by atoms with Gasteiger partial charge in [-0.25, -0.2) is 5.01 Å². The summed E-state index contributed by atoms with van der Waals surface area (Å²) in [4.78, 5) is 45.7. The van der Waals surface area contributed by atoms with Gasteiger partial charge in [-0.15, -0.1) is 0 Å². The van der Waals surface area contributed by atoms with Gasteiger partial charge in [0, 0.05) is 39.2 Å². The van der Waals surface area contributed by atoms with Crippen LogP contribution in [0.25, 0.3) is 0 Å². The first-order chi connectivity index (χ1) is 16.9. The van der Waals surface area contributed by atoms with Crippen molar-refractivity contribution in [1.29, 1.82) is 0 Å². The van der Waals surface area contributed by atoms with Crippen molar-refractivity contribution in [2.24, 2.45) is 5.10 Å². The van der Waals surface area contributed by atoms with E-state index in [0.29, 0.717) is 19.7 Å². The monoisotopic (exact) mass is 479 g/mol. The standard InChI is InChI=1S/C25H29N5O5/c1-28-23(31)10-9-22(27-28)25(33)30-15-21(35-17-18-6-5-8-20(12-18)34-2)14-29(24(32)16-30)13-19-7-3-4-11-26-19/h3-8,11-12,21H,9-10,13-17H2,1-2H3/t21-/m1/s1. The van der Waals surface area contributed by atoms with Gasteiger partial charge in [0.1, 0.15) is 18.0 Å². The molecule has 35 heavy (non-hydrogen) atoms. The van der Waals surface area contributed by atoms with Gasteiger partial charge in [-0.1, -0.05) is 18.2 Å². The molecule has 1 aromatic heterocycles. The van der Waals surface area contributed by atoms with E-state index in [4.69, 9.17) is 9.47 Å². The van der Waals surface area contributed by atoms with Crippen molar-refractivity contribution in [3.05, 3.63) is 59.9 Å². The average molecular weight is 480 g/mol. The lowest BCUT2D eigenvalue weighted by Crippen LogP contribution is -2.45. The van der Waals surface area contributed by atoms with Gasteiger partial charge in [0.15, 0.2) is 0 Å². The molecule has 184 valence electrons. The maximum absolute atomic E-state index is 13.3. The van der Waals surface area contributed by atoms with Crippen LogP contribution in [-0.2, 0) is 32.3 Å². The number of carbonyl (C=O) groups excluding carboxylic acids is 3. The third-order valence-corrected chi connectivity index (χ3v) is 5.97. The lowest BCUT2D eigenvalue weighted by atomic mass is 10.1. The fourth-order valence-corrected chi connectivity index (χ4v) is 4.06. The Morgan fingerprint density at radius 3 is 2.69 bits per heavy atom. The molecule has 1 aromatic carbocycles. The largest absolute Gasteiger partial charge is 0.497 e. The van der Waals surface area contributed by atoms with Crippen LogP contribution in [-0.4, -0.2) is 83.1 Å². The Balaban J connectivity index is 1.53. The van der Waals surface area contributed by atoms with Crippen molar-refractivity contribution in [1.82, 2.24) is 19.8 Å². The molecule has 10 heteroatoms. The molecule has 4 rings (SSSR count). The van der Waals surface area contributed by atoms with E-state index in [-0.39, 0.29) is 49.4 Å². The topological polar surface area (TPSA) is 105 Å². The van der Waals surface area contributed by atoms with Crippen LogP contribution in [0.4, 0.5) is 0 Å². The quantitative estimate of drug-likeness (QED) is 0.596. The van der Waals surface area contributed by atoms with E-state index < -0.39 is 6.10 Å². The second kappa shape index (κ2) is 11.1. The second-order valence-electron chi connectivity index (χ2n) is 8.53. The predicted molar refractivity (Wildman–Crippen MR) is 127 cm³/mol. The van der Waals surface area contributed by atoms with Crippen molar-refractivity contribution in [3.8, 4) is 5.75 Å². The van der Waals surface area contributed by atoms with Gasteiger partial charge in [-0.05, 0) is 29.8 Å². The van der Waals surface area contributed by atoms with E-state index >= 15 is 0 Å². The van der Waals surface area contributed by atoms with Gasteiger partial charge in [-0.2, -0.15) is 5.10 Å². The maximum Gasteiger partial charge on any atom is 0.270 e. The summed E-state index contributed by atoms with van der Waals surface area (Å²) in [6, 6.07) is 13.1. The number of hydrazone groups is 1. The molecule has 0 aliphatic carbocycles. The van der Waals surface area contributed by atoms with Crippen LogP contribution in [0.5, 0.6) is 5.75 Å². The highest BCUT2D eigenvalue weighted by atomic mass is 16.5. The van der Waals surface area contributed by atoms with Crippen LogP contribution >= 0.6 is 0 Å². The minimum Gasteiger partial charge on any atom is -0.497 e. The molecule has 1 saturated heterocycles. The number of nitrogens with zero attached hydrogens (tertiary/aromatic N) is 5. The summed E-state index contributed by atoms with van der Waals surface area (Å²) in [5.74, 6) is 0.0314. The van der Waals surface area contributed by atoms with Crippen LogP contribution in [0, 0.1) is 0 Å². The highest BCUT2D eigenvalue weighted by Gasteiger charge is 2.34. The molecular weight excluding hydrogens is 450 g/mol. The van der Waals surface area contributed by atoms with E-state index in [1.807, 2.05) is 42.5 Å². The number of methoxy groups -OCH3 is 1. The average Bonchev–Trinajstić information content (AvgIpc) is 3.03. The van der Waals surface area contributed by atoms with Crippen molar-refractivity contribution < 1.29 is 23.9 Å². The van der Waals surface area contributed by atoms with Crippen LogP contribution in [0.2, 0.25) is 0 Å². The molecule has 3 amide bonds. The van der Waals surface area contributed by atoms with Crippen LogP contribution in [0.1, 0.15) is 24.1 Å². The Kier molecular flexibility index (Phi) is 7.71. The van der Waals surface area contributed by atoms with E-state index in [9.17, 15) is 14.4 Å². The van der Waals surface area contributed by atoms with E-state index in [0.717, 1.165) is 17.0 Å². The van der Waals surface area contributed by atoms with Crippen molar-refractivity contribution in [2.75, 3.05) is 33.8 Å². The minimum atomic E-state index is -0.427. The first kappa shape index (κ1) is 24.3. The van der Waals surface area contributed by atoms with Crippen molar-refractivity contribution in [2.45, 2.75) is 32.1 Å². The van der Waals surface area contributed by atoms with Crippen molar-refractivity contribution in [3.63, 3.8) is 0 Å².